The first-order valence-corrected chi connectivity index (χ1v) is 11.9. The van der Waals surface area contributed by atoms with Crippen molar-refractivity contribution in [2.24, 2.45) is 7.05 Å². The minimum absolute atomic E-state index is 0.0916. The fourth-order valence-electron chi connectivity index (χ4n) is 3.32. The van der Waals surface area contributed by atoms with Gasteiger partial charge in [-0.2, -0.15) is 28.6 Å². The molecule has 2 aromatic carbocycles. The predicted octanol–water partition coefficient (Wildman–Crippen LogP) is 4.43. The van der Waals surface area contributed by atoms with Crippen molar-refractivity contribution in [1.82, 2.24) is 24.3 Å². The van der Waals surface area contributed by atoms with Crippen LogP contribution in [0.15, 0.2) is 59.8 Å². The first-order chi connectivity index (χ1) is 16.9. The van der Waals surface area contributed by atoms with Crippen LogP contribution in [0.4, 0.5) is 17.6 Å². The lowest BCUT2D eigenvalue weighted by molar-refractivity contribution is -0.143. The number of benzene rings is 2. The zero-order chi connectivity index (χ0) is 26.3. The molecule has 0 amide bonds. The van der Waals surface area contributed by atoms with Crippen molar-refractivity contribution in [2.45, 2.75) is 17.6 Å². The van der Waals surface area contributed by atoms with E-state index in [1.165, 1.54) is 16.8 Å². The lowest BCUT2D eigenvalue weighted by Gasteiger charge is -2.10. The molecule has 1 N–H and O–H groups in total. The molecule has 0 radical (unpaired) electrons. The third-order valence-corrected chi connectivity index (χ3v) is 6.80. The first-order valence-electron chi connectivity index (χ1n) is 10.0. The molecule has 8 nitrogen and oxygen atoms in total. The molecule has 0 aliphatic rings. The fraction of sp³-hybridized carbons (Fsp3) is 0.136. The van der Waals surface area contributed by atoms with Crippen LogP contribution in [0.25, 0.3) is 16.9 Å². The highest BCUT2D eigenvalue weighted by molar-refractivity contribution is 7.89. The molecular weight excluding hydrogens is 524 g/mol. The van der Waals surface area contributed by atoms with Crippen molar-refractivity contribution in [2.75, 3.05) is 0 Å². The molecule has 0 bridgehead atoms. The Morgan fingerprint density at radius 2 is 1.89 bits per heavy atom. The maximum absolute atomic E-state index is 14.7. The van der Waals surface area contributed by atoms with Gasteiger partial charge in [0.25, 0.3) is 0 Å². The van der Waals surface area contributed by atoms with Crippen LogP contribution in [0, 0.1) is 17.1 Å². The van der Waals surface area contributed by atoms with Gasteiger partial charge in [-0.15, -0.1) is 0 Å². The van der Waals surface area contributed by atoms with Crippen LogP contribution < -0.4 is 4.72 Å². The quantitative estimate of drug-likeness (QED) is 0.366. The number of hydrogen-bond donors (Lipinski definition) is 1. The first kappa shape index (κ1) is 25.4. The SMILES string of the molecule is Cn1cc(S(=O)(=O)NCc2ccc(-n3ccc(-c4ccc(C#N)c(Cl)c4)n3)cc2F)c(C(F)(F)F)n1. The highest BCUT2D eigenvalue weighted by Crippen LogP contribution is 2.33. The van der Waals surface area contributed by atoms with E-state index in [4.69, 9.17) is 16.9 Å². The molecule has 0 atom stereocenters. The van der Waals surface area contributed by atoms with Gasteiger partial charge >= 0.3 is 6.18 Å². The maximum atomic E-state index is 14.7. The smallest absolute Gasteiger partial charge is 0.274 e. The van der Waals surface area contributed by atoms with Gasteiger partial charge < -0.3 is 0 Å². The van der Waals surface area contributed by atoms with E-state index in [1.54, 1.807) is 30.5 Å². The number of sulfonamides is 1. The molecule has 4 aromatic rings. The predicted molar refractivity (Wildman–Crippen MR) is 121 cm³/mol. The molecule has 2 aromatic heterocycles. The Hall–Kier alpha value is -3.73. The van der Waals surface area contributed by atoms with Gasteiger partial charge in [0, 0.05) is 37.1 Å². The van der Waals surface area contributed by atoms with E-state index in [0.717, 1.165) is 24.0 Å². The van der Waals surface area contributed by atoms with E-state index in [1.807, 2.05) is 10.8 Å². The zero-order valence-corrected chi connectivity index (χ0v) is 19.8. The van der Waals surface area contributed by atoms with Crippen LogP contribution in [-0.4, -0.2) is 28.0 Å². The van der Waals surface area contributed by atoms with Gasteiger partial charge in [-0.1, -0.05) is 23.7 Å². The van der Waals surface area contributed by atoms with Crippen molar-refractivity contribution >= 4 is 21.6 Å². The van der Waals surface area contributed by atoms with E-state index in [9.17, 15) is 26.0 Å². The van der Waals surface area contributed by atoms with Crippen LogP contribution in [0.1, 0.15) is 16.8 Å². The average molecular weight is 539 g/mol. The van der Waals surface area contributed by atoms with Crippen LogP contribution in [-0.2, 0) is 29.8 Å². The van der Waals surface area contributed by atoms with Gasteiger partial charge in [-0.05, 0) is 30.3 Å². The Labute approximate surface area is 207 Å². The van der Waals surface area contributed by atoms with E-state index >= 15 is 0 Å². The van der Waals surface area contributed by atoms with Gasteiger partial charge in [0.15, 0.2) is 5.69 Å². The Morgan fingerprint density at radius 1 is 1.14 bits per heavy atom. The summed E-state index contributed by atoms with van der Waals surface area (Å²) in [5, 5.41) is 16.8. The summed E-state index contributed by atoms with van der Waals surface area (Å²) < 4.78 is 83.1. The normalized spacial score (nSPS) is 12.0. The summed E-state index contributed by atoms with van der Waals surface area (Å²) >= 11 is 6.06. The Balaban J connectivity index is 1.53. The molecule has 186 valence electrons. The zero-order valence-electron chi connectivity index (χ0n) is 18.3. The largest absolute Gasteiger partial charge is 0.436 e. The average Bonchev–Trinajstić information content (AvgIpc) is 3.46. The second-order valence-electron chi connectivity index (χ2n) is 7.57. The van der Waals surface area contributed by atoms with Gasteiger partial charge in [0.2, 0.25) is 10.0 Å². The molecule has 0 spiro atoms. The molecule has 0 fully saturated rings. The van der Waals surface area contributed by atoms with Crippen LogP contribution in [0.3, 0.4) is 0 Å². The Morgan fingerprint density at radius 3 is 2.53 bits per heavy atom. The van der Waals surface area contributed by atoms with Crippen LogP contribution >= 0.6 is 11.6 Å². The van der Waals surface area contributed by atoms with E-state index in [2.05, 4.69) is 10.2 Å². The van der Waals surface area contributed by atoms with Gasteiger partial charge in [-0.25, -0.2) is 22.2 Å². The summed E-state index contributed by atoms with van der Waals surface area (Å²) in [7, 11) is -3.48. The van der Waals surface area contributed by atoms with Crippen molar-refractivity contribution in [3.8, 4) is 23.0 Å². The molecule has 14 heteroatoms. The van der Waals surface area contributed by atoms with Crippen LogP contribution in [0.2, 0.25) is 5.02 Å². The summed E-state index contributed by atoms with van der Waals surface area (Å²) in [6.07, 6.45) is -2.69. The van der Waals surface area contributed by atoms with E-state index in [-0.39, 0.29) is 10.6 Å². The summed E-state index contributed by atoms with van der Waals surface area (Å²) in [4.78, 5) is -1.05. The minimum atomic E-state index is -4.98. The Kier molecular flexibility index (Phi) is 6.61. The number of nitrogens with one attached hydrogen (secondary N) is 1. The Bertz CT molecular complexity index is 1610. The molecule has 0 aliphatic heterocycles. The lowest BCUT2D eigenvalue weighted by atomic mass is 10.1. The highest BCUT2D eigenvalue weighted by Gasteiger charge is 2.41. The summed E-state index contributed by atoms with van der Waals surface area (Å²) in [6.45, 7) is -0.589. The van der Waals surface area contributed by atoms with Crippen molar-refractivity contribution in [3.63, 3.8) is 0 Å². The second kappa shape index (κ2) is 9.38. The molecule has 36 heavy (non-hydrogen) atoms. The summed E-state index contributed by atoms with van der Waals surface area (Å²) in [6, 6.07) is 12.3. The van der Waals surface area contributed by atoms with Gasteiger partial charge in [-0.3, -0.25) is 4.68 Å². The minimum Gasteiger partial charge on any atom is -0.274 e. The monoisotopic (exact) mass is 538 g/mol. The van der Waals surface area contributed by atoms with Crippen LogP contribution in [0.5, 0.6) is 0 Å². The topological polar surface area (TPSA) is 106 Å². The molecule has 2 heterocycles. The summed E-state index contributed by atoms with van der Waals surface area (Å²) in [5.41, 5.74) is 0.119. The van der Waals surface area contributed by atoms with Gasteiger partial charge in [0.05, 0.1) is 22.0 Å². The van der Waals surface area contributed by atoms with Crippen molar-refractivity contribution < 1.29 is 26.0 Å². The van der Waals surface area contributed by atoms with Crippen molar-refractivity contribution in [1.29, 1.82) is 5.26 Å². The molecule has 0 saturated heterocycles. The van der Waals surface area contributed by atoms with Gasteiger partial charge in [0.1, 0.15) is 16.8 Å². The number of rotatable bonds is 6. The maximum Gasteiger partial charge on any atom is 0.436 e. The number of nitrogens with zero attached hydrogens (tertiary/aromatic N) is 5. The molecule has 0 unspecified atom stereocenters. The molecular formula is C22H15ClF4N6O2S. The number of alkyl halides is 3. The molecule has 4 rings (SSSR count). The van der Waals surface area contributed by atoms with Crippen molar-refractivity contribution in [3.05, 3.63) is 82.5 Å². The third kappa shape index (κ3) is 5.11. The lowest BCUT2D eigenvalue weighted by Crippen LogP contribution is -2.26. The number of aryl methyl sites for hydroxylation is 1. The standard InChI is InChI=1S/C22H15ClF4N6O2S/c1-32-12-20(21(31-32)22(25,26)27)36(34,35)29-11-15-4-5-16(9-18(15)24)33-7-6-19(30-33)13-2-3-14(10-28)17(23)8-13/h2-9,12,29H,11H2,1H3. The number of halogens is 5. The van der Waals surface area contributed by atoms with E-state index < -0.39 is 39.2 Å². The van der Waals surface area contributed by atoms with E-state index in [0.29, 0.717) is 22.5 Å². The fourth-order valence-corrected chi connectivity index (χ4v) is 4.75. The number of aromatic nitrogens is 4. The number of hydrogen-bond acceptors (Lipinski definition) is 5. The summed E-state index contributed by atoms with van der Waals surface area (Å²) in [5.74, 6) is -0.795. The molecule has 0 aliphatic carbocycles. The second-order valence-corrected chi connectivity index (χ2v) is 9.71. The highest BCUT2D eigenvalue weighted by atomic mass is 35.5. The molecule has 0 saturated carbocycles. The number of nitriles is 1. The third-order valence-electron chi connectivity index (χ3n) is 5.08.